The van der Waals surface area contributed by atoms with E-state index in [-0.39, 0.29) is 0 Å². The van der Waals surface area contributed by atoms with E-state index in [0.29, 0.717) is 22.0 Å². The van der Waals surface area contributed by atoms with Crippen molar-refractivity contribution in [3.05, 3.63) is 18.0 Å². The van der Waals surface area contributed by atoms with Crippen LogP contribution in [0.2, 0.25) is 0 Å². The molecule has 0 aromatic carbocycles. The van der Waals surface area contributed by atoms with Crippen molar-refractivity contribution < 1.29 is 0 Å². The van der Waals surface area contributed by atoms with Crippen LogP contribution >= 0.6 is 12.2 Å². The first-order valence-corrected chi connectivity index (χ1v) is 6.43. The van der Waals surface area contributed by atoms with E-state index >= 15 is 0 Å². The molecule has 0 bridgehead atoms. The number of rotatable bonds is 6. The third-order valence-electron chi connectivity index (χ3n) is 3.27. The van der Waals surface area contributed by atoms with Gasteiger partial charge in [0, 0.05) is 12.7 Å². The largest absolute Gasteiger partial charge is 0.388 e. The third-order valence-corrected chi connectivity index (χ3v) is 3.48. The number of hydrogen-bond acceptors (Lipinski definition) is 4. The summed E-state index contributed by atoms with van der Waals surface area (Å²) >= 11 is 4.89. The summed E-state index contributed by atoms with van der Waals surface area (Å²) in [5, 5.41) is 3.29. The van der Waals surface area contributed by atoms with Crippen LogP contribution in [0.4, 0.5) is 5.95 Å². The molecule has 0 atom stereocenters. The summed E-state index contributed by atoms with van der Waals surface area (Å²) in [5.41, 5.74) is 6.64. The predicted molar refractivity (Wildman–Crippen MR) is 73.0 cm³/mol. The average molecular weight is 250 g/mol. The van der Waals surface area contributed by atoms with Gasteiger partial charge in [-0.05, 0) is 30.7 Å². The molecule has 0 radical (unpaired) electrons. The van der Waals surface area contributed by atoms with Crippen LogP contribution in [0, 0.1) is 5.41 Å². The zero-order chi connectivity index (χ0) is 12.3. The highest BCUT2D eigenvalue weighted by Crippen LogP contribution is 2.49. The molecule has 17 heavy (non-hydrogen) atoms. The molecule has 92 valence electrons. The topological polar surface area (TPSA) is 63.8 Å². The second-order valence-corrected chi connectivity index (χ2v) is 5.17. The van der Waals surface area contributed by atoms with Gasteiger partial charge in [-0.3, -0.25) is 0 Å². The summed E-state index contributed by atoms with van der Waals surface area (Å²) in [6, 6.07) is 1.73. The van der Waals surface area contributed by atoms with E-state index in [1.165, 1.54) is 25.7 Å². The monoisotopic (exact) mass is 250 g/mol. The van der Waals surface area contributed by atoms with Crippen molar-refractivity contribution in [1.29, 1.82) is 0 Å². The summed E-state index contributed by atoms with van der Waals surface area (Å²) in [4.78, 5) is 8.76. The quantitative estimate of drug-likeness (QED) is 0.757. The Morgan fingerprint density at radius 2 is 2.35 bits per heavy atom. The Labute approximate surface area is 107 Å². The predicted octanol–water partition coefficient (Wildman–Crippen LogP) is 2.10. The minimum atomic E-state index is 0.310. The van der Waals surface area contributed by atoms with Crippen LogP contribution in [0.15, 0.2) is 12.3 Å². The molecule has 1 heterocycles. The van der Waals surface area contributed by atoms with Crippen LogP contribution in [-0.4, -0.2) is 21.5 Å². The lowest BCUT2D eigenvalue weighted by Gasteiger charge is -2.14. The number of nitrogens with two attached hydrogens (primary N) is 1. The molecule has 1 aliphatic carbocycles. The molecule has 1 fully saturated rings. The maximum atomic E-state index is 5.54. The maximum Gasteiger partial charge on any atom is 0.223 e. The van der Waals surface area contributed by atoms with E-state index in [4.69, 9.17) is 18.0 Å². The van der Waals surface area contributed by atoms with Crippen molar-refractivity contribution in [3.8, 4) is 0 Å². The molecule has 1 saturated carbocycles. The first-order valence-electron chi connectivity index (χ1n) is 6.02. The number of hydrogen-bond donors (Lipinski definition) is 2. The number of nitrogens with zero attached hydrogens (tertiary/aromatic N) is 2. The van der Waals surface area contributed by atoms with Crippen molar-refractivity contribution in [2.24, 2.45) is 11.1 Å². The second kappa shape index (κ2) is 4.96. The Hall–Kier alpha value is -1.23. The van der Waals surface area contributed by atoms with Gasteiger partial charge in [-0.25, -0.2) is 9.97 Å². The molecule has 5 heteroatoms. The van der Waals surface area contributed by atoms with Crippen molar-refractivity contribution >= 4 is 23.2 Å². The fourth-order valence-electron chi connectivity index (χ4n) is 2.07. The van der Waals surface area contributed by atoms with Gasteiger partial charge in [-0.15, -0.1) is 0 Å². The first kappa shape index (κ1) is 12.2. The Balaban J connectivity index is 1.95. The van der Waals surface area contributed by atoms with Gasteiger partial charge in [-0.1, -0.05) is 25.6 Å². The Kier molecular flexibility index (Phi) is 3.57. The Bertz CT molecular complexity index is 415. The first-order chi connectivity index (χ1) is 8.15. The second-order valence-electron chi connectivity index (χ2n) is 4.73. The average Bonchev–Trinajstić information content (AvgIpc) is 3.08. The smallest absolute Gasteiger partial charge is 0.223 e. The molecule has 0 amide bonds. The number of aromatic nitrogens is 2. The van der Waals surface area contributed by atoms with Crippen molar-refractivity contribution in [2.45, 2.75) is 32.6 Å². The van der Waals surface area contributed by atoms with Crippen molar-refractivity contribution in [1.82, 2.24) is 9.97 Å². The zero-order valence-electron chi connectivity index (χ0n) is 10.1. The Morgan fingerprint density at radius 3 is 2.94 bits per heavy atom. The SMILES string of the molecule is CCCC1(CNc2nccc(C(N)=S)n2)CC1. The fraction of sp³-hybridized carbons (Fsp3) is 0.583. The molecule has 1 aromatic heterocycles. The van der Waals surface area contributed by atoms with Gasteiger partial charge in [0.05, 0.1) is 0 Å². The standard InChI is InChI=1S/C12H18N4S/c1-2-4-12(5-6-12)8-15-11-14-7-3-9(16-11)10(13)17/h3,7H,2,4-6,8H2,1H3,(H2,13,17)(H,14,15,16). The van der Waals surface area contributed by atoms with E-state index in [2.05, 4.69) is 22.2 Å². The molecule has 4 nitrogen and oxygen atoms in total. The summed E-state index contributed by atoms with van der Waals surface area (Å²) in [5.74, 6) is 0.623. The van der Waals surface area contributed by atoms with E-state index in [1.807, 2.05) is 0 Å². The van der Waals surface area contributed by atoms with Gasteiger partial charge in [0.25, 0.3) is 0 Å². The van der Waals surface area contributed by atoms with Gasteiger partial charge in [0.15, 0.2) is 0 Å². The molecule has 2 rings (SSSR count). The molecule has 0 spiro atoms. The summed E-state index contributed by atoms with van der Waals surface area (Å²) < 4.78 is 0. The molecular weight excluding hydrogens is 232 g/mol. The zero-order valence-corrected chi connectivity index (χ0v) is 10.9. The lowest BCUT2D eigenvalue weighted by molar-refractivity contribution is 0.484. The van der Waals surface area contributed by atoms with Crippen molar-refractivity contribution in [3.63, 3.8) is 0 Å². The summed E-state index contributed by atoms with van der Waals surface area (Å²) in [6.45, 7) is 3.17. The van der Waals surface area contributed by atoms with Gasteiger partial charge >= 0.3 is 0 Å². The van der Waals surface area contributed by atoms with Crippen LogP contribution in [0.1, 0.15) is 38.3 Å². The minimum absolute atomic E-state index is 0.310. The maximum absolute atomic E-state index is 5.54. The van der Waals surface area contributed by atoms with E-state index in [0.717, 1.165) is 6.54 Å². The van der Waals surface area contributed by atoms with Gasteiger partial charge in [0.2, 0.25) is 5.95 Å². The van der Waals surface area contributed by atoms with Crippen molar-refractivity contribution in [2.75, 3.05) is 11.9 Å². The lowest BCUT2D eigenvalue weighted by atomic mass is 10.0. The number of thiocarbonyl (C=S) groups is 1. The van der Waals surface area contributed by atoms with Crippen LogP contribution in [0.5, 0.6) is 0 Å². The molecule has 1 aromatic rings. The summed E-state index contributed by atoms with van der Waals surface area (Å²) in [6.07, 6.45) is 6.80. The fourth-order valence-corrected chi connectivity index (χ4v) is 2.18. The molecule has 1 aliphatic rings. The van der Waals surface area contributed by atoms with E-state index < -0.39 is 0 Å². The molecular formula is C12H18N4S. The highest BCUT2D eigenvalue weighted by atomic mass is 32.1. The van der Waals surface area contributed by atoms with Crippen LogP contribution in [0.25, 0.3) is 0 Å². The normalized spacial score (nSPS) is 16.5. The van der Waals surface area contributed by atoms with E-state index in [1.54, 1.807) is 12.3 Å². The molecule has 3 N–H and O–H groups in total. The molecule has 0 aliphatic heterocycles. The Morgan fingerprint density at radius 1 is 1.59 bits per heavy atom. The van der Waals surface area contributed by atoms with Crippen LogP contribution < -0.4 is 11.1 Å². The minimum Gasteiger partial charge on any atom is -0.388 e. The number of anilines is 1. The third kappa shape index (κ3) is 3.12. The van der Waals surface area contributed by atoms with Gasteiger partial charge in [-0.2, -0.15) is 0 Å². The van der Waals surface area contributed by atoms with E-state index in [9.17, 15) is 0 Å². The number of nitrogens with one attached hydrogen (secondary N) is 1. The highest BCUT2D eigenvalue weighted by molar-refractivity contribution is 7.80. The lowest BCUT2D eigenvalue weighted by Crippen LogP contribution is -2.18. The van der Waals surface area contributed by atoms with Crippen LogP contribution in [0.3, 0.4) is 0 Å². The summed E-state index contributed by atoms with van der Waals surface area (Å²) in [7, 11) is 0. The van der Waals surface area contributed by atoms with Gasteiger partial charge in [0.1, 0.15) is 10.7 Å². The van der Waals surface area contributed by atoms with Gasteiger partial charge < -0.3 is 11.1 Å². The molecule has 0 saturated heterocycles. The van der Waals surface area contributed by atoms with Crippen LogP contribution in [-0.2, 0) is 0 Å². The highest BCUT2D eigenvalue weighted by Gasteiger charge is 2.41. The molecule has 0 unspecified atom stereocenters.